The highest BCUT2D eigenvalue weighted by molar-refractivity contribution is 5.94. The molecule has 156 valence electrons. The fourth-order valence-electron chi connectivity index (χ4n) is 3.60. The standard InChI is InChI=1S/C23H30N2O4/c1-4-29-22-15-19(8-9-21(22)27-3)23(26)24-16-20(25-10-12-28-13-11-25)18-7-5-6-17(2)14-18/h5-9,14-15,20H,4,10-13,16H2,1-3H3,(H,24,26). The van der Waals surface area contributed by atoms with Crippen LogP contribution in [-0.4, -0.2) is 57.4 Å². The van der Waals surface area contributed by atoms with Crippen LogP contribution in [0.15, 0.2) is 42.5 Å². The monoisotopic (exact) mass is 398 g/mol. The van der Waals surface area contributed by atoms with E-state index in [0.717, 1.165) is 13.1 Å². The Morgan fingerprint density at radius 3 is 2.66 bits per heavy atom. The number of methoxy groups -OCH3 is 1. The van der Waals surface area contributed by atoms with Crippen LogP contribution in [0.5, 0.6) is 11.5 Å². The number of aryl methyl sites for hydroxylation is 1. The molecule has 2 aromatic rings. The van der Waals surface area contributed by atoms with E-state index in [-0.39, 0.29) is 11.9 Å². The van der Waals surface area contributed by atoms with Gasteiger partial charge in [0.05, 0.1) is 33.0 Å². The number of hydrogen-bond acceptors (Lipinski definition) is 5. The van der Waals surface area contributed by atoms with Crippen LogP contribution >= 0.6 is 0 Å². The van der Waals surface area contributed by atoms with E-state index in [2.05, 4.69) is 41.4 Å². The Kier molecular flexibility index (Phi) is 7.49. The SMILES string of the molecule is CCOc1cc(C(=O)NCC(c2cccc(C)c2)N2CCOCC2)ccc1OC. The molecule has 0 aliphatic carbocycles. The number of benzene rings is 2. The number of carbonyl (C=O) groups is 1. The molecule has 1 amide bonds. The van der Waals surface area contributed by atoms with Crippen LogP contribution < -0.4 is 14.8 Å². The van der Waals surface area contributed by atoms with Crippen LogP contribution in [0.1, 0.15) is 34.5 Å². The molecule has 2 aromatic carbocycles. The number of amides is 1. The molecular formula is C23H30N2O4. The molecule has 0 saturated carbocycles. The lowest BCUT2D eigenvalue weighted by atomic mass is 10.0. The molecule has 1 aliphatic heterocycles. The van der Waals surface area contributed by atoms with Crippen LogP contribution in [0, 0.1) is 6.92 Å². The van der Waals surface area contributed by atoms with Gasteiger partial charge in [0.25, 0.3) is 5.91 Å². The van der Waals surface area contributed by atoms with Gasteiger partial charge in [-0.1, -0.05) is 29.8 Å². The third-order valence-electron chi connectivity index (χ3n) is 5.09. The predicted molar refractivity (Wildman–Crippen MR) is 113 cm³/mol. The van der Waals surface area contributed by atoms with Crippen molar-refractivity contribution in [1.29, 1.82) is 0 Å². The van der Waals surface area contributed by atoms with Gasteiger partial charge in [0.2, 0.25) is 0 Å². The van der Waals surface area contributed by atoms with Gasteiger partial charge in [0, 0.05) is 25.2 Å². The normalized spacial score (nSPS) is 15.6. The van der Waals surface area contributed by atoms with Crippen LogP contribution in [0.4, 0.5) is 0 Å². The summed E-state index contributed by atoms with van der Waals surface area (Å²) in [6.45, 7) is 8.16. The van der Waals surface area contributed by atoms with Crippen molar-refractivity contribution in [3.05, 3.63) is 59.2 Å². The van der Waals surface area contributed by atoms with Crippen LogP contribution in [-0.2, 0) is 4.74 Å². The van der Waals surface area contributed by atoms with Crippen molar-refractivity contribution in [3.8, 4) is 11.5 Å². The zero-order valence-corrected chi connectivity index (χ0v) is 17.4. The van der Waals surface area contributed by atoms with E-state index in [1.807, 2.05) is 6.92 Å². The second-order valence-electron chi connectivity index (χ2n) is 7.09. The van der Waals surface area contributed by atoms with Gasteiger partial charge >= 0.3 is 0 Å². The summed E-state index contributed by atoms with van der Waals surface area (Å²) in [4.78, 5) is 15.2. The van der Waals surface area contributed by atoms with E-state index in [9.17, 15) is 4.79 Å². The molecule has 1 atom stereocenters. The molecule has 1 fully saturated rings. The topological polar surface area (TPSA) is 60.0 Å². The highest BCUT2D eigenvalue weighted by Crippen LogP contribution is 2.28. The second-order valence-corrected chi connectivity index (χ2v) is 7.09. The molecule has 0 spiro atoms. The molecule has 1 aliphatic rings. The highest BCUT2D eigenvalue weighted by Gasteiger charge is 2.23. The summed E-state index contributed by atoms with van der Waals surface area (Å²) in [5.74, 6) is 1.07. The van der Waals surface area contributed by atoms with Crippen molar-refractivity contribution >= 4 is 5.91 Å². The molecule has 3 rings (SSSR count). The number of nitrogens with one attached hydrogen (secondary N) is 1. The third-order valence-corrected chi connectivity index (χ3v) is 5.09. The molecule has 1 heterocycles. The van der Waals surface area contributed by atoms with Crippen molar-refractivity contribution in [2.24, 2.45) is 0 Å². The number of morpholine rings is 1. The summed E-state index contributed by atoms with van der Waals surface area (Å²) < 4.78 is 16.4. The van der Waals surface area contributed by atoms with Crippen molar-refractivity contribution in [2.75, 3.05) is 46.6 Å². The lowest BCUT2D eigenvalue weighted by molar-refractivity contribution is 0.0162. The van der Waals surface area contributed by atoms with E-state index in [0.29, 0.717) is 43.4 Å². The lowest BCUT2D eigenvalue weighted by Gasteiger charge is -2.35. The Balaban J connectivity index is 1.74. The van der Waals surface area contributed by atoms with Crippen molar-refractivity contribution < 1.29 is 19.0 Å². The van der Waals surface area contributed by atoms with E-state index in [1.165, 1.54) is 11.1 Å². The predicted octanol–water partition coefficient (Wildman–Crippen LogP) is 3.21. The van der Waals surface area contributed by atoms with Crippen molar-refractivity contribution in [2.45, 2.75) is 19.9 Å². The highest BCUT2D eigenvalue weighted by atomic mass is 16.5. The Labute approximate surface area is 172 Å². The second kappa shape index (κ2) is 10.3. The first-order valence-corrected chi connectivity index (χ1v) is 10.1. The summed E-state index contributed by atoms with van der Waals surface area (Å²) in [6, 6.07) is 13.8. The molecule has 0 radical (unpaired) electrons. The lowest BCUT2D eigenvalue weighted by Crippen LogP contribution is -2.43. The molecule has 1 N–H and O–H groups in total. The smallest absolute Gasteiger partial charge is 0.251 e. The average Bonchev–Trinajstić information content (AvgIpc) is 2.75. The zero-order valence-electron chi connectivity index (χ0n) is 17.4. The summed E-state index contributed by atoms with van der Waals surface area (Å²) in [5.41, 5.74) is 2.97. The maximum atomic E-state index is 12.8. The molecule has 1 saturated heterocycles. The van der Waals surface area contributed by atoms with Gasteiger partial charge in [-0.15, -0.1) is 0 Å². The van der Waals surface area contributed by atoms with Gasteiger partial charge in [-0.05, 0) is 37.6 Å². The summed E-state index contributed by atoms with van der Waals surface area (Å²) in [6.07, 6.45) is 0. The Hall–Kier alpha value is -2.57. The average molecular weight is 399 g/mol. The quantitative estimate of drug-likeness (QED) is 0.740. The summed E-state index contributed by atoms with van der Waals surface area (Å²) >= 11 is 0. The fourth-order valence-corrected chi connectivity index (χ4v) is 3.60. The zero-order chi connectivity index (χ0) is 20.6. The number of rotatable bonds is 8. The maximum absolute atomic E-state index is 12.8. The van der Waals surface area contributed by atoms with Crippen molar-refractivity contribution in [3.63, 3.8) is 0 Å². The first-order valence-electron chi connectivity index (χ1n) is 10.1. The van der Waals surface area contributed by atoms with Crippen LogP contribution in [0.3, 0.4) is 0 Å². The first kappa shape index (κ1) is 21.1. The summed E-state index contributed by atoms with van der Waals surface area (Å²) in [7, 11) is 1.59. The van der Waals surface area contributed by atoms with Gasteiger partial charge in [-0.2, -0.15) is 0 Å². The van der Waals surface area contributed by atoms with Gasteiger partial charge in [0.1, 0.15) is 0 Å². The number of ether oxygens (including phenoxy) is 3. The van der Waals surface area contributed by atoms with Crippen LogP contribution in [0.25, 0.3) is 0 Å². The minimum absolute atomic E-state index is 0.104. The minimum Gasteiger partial charge on any atom is -0.493 e. The van der Waals surface area contributed by atoms with E-state index in [1.54, 1.807) is 25.3 Å². The molecule has 1 unspecified atom stereocenters. The van der Waals surface area contributed by atoms with Gasteiger partial charge in [-0.3, -0.25) is 9.69 Å². The third kappa shape index (κ3) is 5.49. The van der Waals surface area contributed by atoms with E-state index >= 15 is 0 Å². The molecule has 0 bridgehead atoms. The van der Waals surface area contributed by atoms with Gasteiger partial charge < -0.3 is 19.5 Å². The number of carbonyl (C=O) groups excluding carboxylic acids is 1. The fraction of sp³-hybridized carbons (Fsp3) is 0.435. The molecular weight excluding hydrogens is 368 g/mol. The molecule has 6 nitrogen and oxygen atoms in total. The maximum Gasteiger partial charge on any atom is 0.251 e. The van der Waals surface area contributed by atoms with Crippen molar-refractivity contribution in [1.82, 2.24) is 10.2 Å². The van der Waals surface area contributed by atoms with Gasteiger partial charge in [0.15, 0.2) is 11.5 Å². The Bertz CT molecular complexity index is 818. The van der Waals surface area contributed by atoms with Gasteiger partial charge in [-0.25, -0.2) is 0 Å². The van der Waals surface area contributed by atoms with E-state index in [4.69, 9.17) is 14.2 Å². The molecule has 6 heteroatoms. The molecule has 0 aromatic heterocycles. The Morgan fingerprint density at radius 2 is 1.97 bits per heavy atom. The Morgan fingerprint density at radius 1 is 1.17 bits per heavy atom. The number of hydrogen-bond donors (Lipinski definition) is 1. The number of nitrogens with zero attached hydrogens (tertiary/aromatic N) is 1. The largest absolute Gasteiger partial charge is 0.493 e. The van der Waals surface area contributed by atoms with E-state index < -0.39 is 0 Å². The first-order chi connectivity index (χ1) is 14.1. The summed E-state index contributed by atoms with van der Waals surface area (Å²) in [5, 5.41) is 3.10. The van der Waals surface area contributed by atoms with Crippen LogP contribution in [0.2, 0.25) is 0 Å². The minimum atomic E-state index is -0.125. The molecule has 29 heavy (non-hydrogen) atoms.